The van der Waals surface area contributed by atoms with Gasteiger partial charge in [0.1, 0.15) is 5.82 Å². The fourth-order valence-electron chi connectivity index (χ4n) is 4.18. The molecule has 2 saturated heterocycles. The molecule has 2 bridgehead atoms. The number of halogens is 1. The third-order valence-electron chi connectivity index (χ3n) is 5.43. The fourth-order valence-corrected chi connectivity index (χ4v) is 4.18. The van der Waals surface area contributed by atoms with Crippen LogP contribution in [0.15, 0.2) is 29.3 Å². The summed E-state index contributed by atoms with van der Waals surface area (Å²) in [4.78, 5) is 9.41. The third-order valence-corrected chi connectivity index (χ3v) is 5.43. The summed E-state index contributed by atoms with van der Waals surface area (Å²) >= 11 is 0. The van der Waals surface area contributed by atoms with Crippen molar-refractivity contribution in [2.45, 2.75) is 64.3 Å². The molecule has 3 unspecified atom stereocenters. The summed E-state index contributed by atoms with van der Waals surface area (Å²) in [6, 6.07) is 8.73. The highest BCUT2D eigenvalue weighted by molar-refractivity contribution is 14.0. The lowest BCUT2D eigenvalue weighted by Crippen LogP contribution is -2.47. The number of fused-ring (bicyclic) bond motifs is 3. The Morgan fingerprint density at radius 1 is 1.33 bits per heavy atom. The molecule has 0 amide bonds. The Labute approximate surface area is 178 Å². The second-order valence-corrected chi connectivity index (χ2v) is 7.27. The Morgan fingerprint density at radius 2 is 2.19 bits per heavy atom. The quantitative estimate of drug-likeness (QED) is 0.287. The number of ether oxygens (including phenoxy) is 1. The van der Waals surface area contributed by atoms with Crippen molar-refractivity contribution in [2.24, 2.45) is 4.99 Å². The first kappa shape index (κ1) is 20.4. The predicted molar refractivity (Wildman–Crippen MR) is 120 cm³/mol. The number of aliphatic imine (C=N–C) groups is 1. The van der Waals surface area contributed by atoms with Crippen LogP contribution in [-0.2, 0) is 11.3 Å². The Balaban J connectivity index is 0.00000210. The minimum atomic E-state index is 0. The molecule has 7 heteroatoms. The van der Waals surface area contributed by atoms with Crippen molar-refractivity contribution in [3.05, 3.63) is 30.1 Å². The van der Waals surface area contributed by atoms with E-state index in [9.17, 15) is 0 Å². The van der Waals surface area contributed by atoms with E-state index in [1.165, 1.54) is 18.4 Å². The first-order chi connectivity index (χ1) is 12.7. The minimum absolute atomic E-state index is 0. The number of hydrogen-bond acceptors (Lipinski definition) is 3. The maximum Gasteiger partial charge on any atom is 0.191 e. The van der Waals surface area contributed by atoms with Crippen LogP contribution in [0.1, 0.15) is 38.4 Å². The number of rotatable bonds is 6. The average molecular weight is 483 g/mol. The van der Waals surface area contributed by atoms with Gasteiger partial charge in [-0.3, -0.25) is 4.99 Å². The number of guanidine groups is 1. The van der Waals surface area contributed by atoms with Gasteiger partial charge in [-0.05, 0) is 51.7 Å². The number of imidazole rings is 1. The lowest BCUT2D eigenvalue weighted by Gasteiger charge is -2.22. The van der Waals surface area contributed by atoms with E-state index in [0.29, 0.717) is 18.2 Å². The second kappa shape index (κ2) is 9.23. The molecule has 2 aromatic rings. The molecule has 2 N–H and O–H groups in total. The van der Waals surface area contributed by atoms with Crippen LogP contribution < -0.4 is 10.6 Å². The molecule has 6 nitrogen and oxygen atoms in total. The van der Waals surface area contributed by atoms with Gasteiger partial charge in [-0.1, -0.05) is 12.1 Å². The summed E-state index contributed by atoms with van der Waals surface area (Å²) in [6.45, 7) is 6.79. The van der Waals surface area contributed by atoms with E-state index < -0.39 is 0 Å². The average Bonchev–Trinajstić information content (AvgIpc) is 3.33. The second-order valence-electron chi connectivity index (χ2n) is 7.27. The molecule has 2 aliphatic rings. The van der Waals surface area contributed by atoms with Crippen LogP contribution in [-0.4, -0.2) is 46.8 Å². The largest absolute Gasteiger partial charge is 0.373 e. The van der Waals surface area contributed by atoms with Crippen LogP contribution in [0.5, 0.6) is 0 Å². The van der Waals surface area contributed by atoms with Gasteiger partial charge >= 0.3 is 0 Å². The zero-order valence-corrected chi connectivity index (χ0v) is 18.5. The number of nitrogens with zero attached hydrogens (tertiary/aromatic N) is 3. The molecule has 0 aliphatic carbocycles. The van der Waals surface area contributed by atoms with Gasteiger partial charge in [0, 0.05) is 19.6 Å². The molecular formula is C20H30IN5O. The van der Waals surface area contributed by atoms with Gasteiger partial charge in [0.15, 0.2) is 5.96 Å². The maximum absolute atomic E-state index is 5.94. The third kappa shape index (κ3) is 4.56. The zero-order chi connectivity index (χ0) is 17.9. The fraction of sp³-hybridized carbons (Fsp3) is 0.600. The Morgan fingerprint density at radius 3 is 2.93 bits per heavy atom. The van der Waals surface area contributed by atoms with E-state index >= 15 is 0 Å². The Bertz CT molecular complexity index is 790. The molecule has 3 atom stereocenters. The molecule has 2 aliphatic heterocycles. The number of nitrogens with one attached hydrogen (secondary N) is 2. The van der Waals surface area contributed by atoms with Crippen molar-refractivity contribution in [3.63, 3.8) is 0 Å². The van der Waals surface area contributed by atoms with Crippen molar-refractivity contribution in [3.8, 4) is 0 Å². The summed E-state index contributed by atoms with van der Waals surface area (Å²) in [5, 5.41) is 6.95. The van der Waals surface area contributed by atoms with Crippen LogP contribution in [0.25, 0.3) is 11.0 Å². The highest BCUT2D eigenvalue weighted by atomic mass is 127. The molecule has 3 heterocycles. The van der Waals surface area contributed by atoms with Crippen LogP contribution in [0.4, 0.5) is 0 Å². The van der Waals surface area contributed by atoms with Gasteiger partial charge in [0.2, 0.25) is 0 Å². The molecule has 0 saturated carbocycles. The SMILES string of the molecule is CCNC(=NCCCn1c(C)nc2ccccc21)NC1CC2CCC1O2.I. The summed E-state index contributed by atoms with van der Waals surface area (Å²) in [5.74, 6) is 1.99. The molecule has 27 heavy (non-hydrogen) atoms. The molecule has 0 radical (unpaired) electrons. The van der Waals surface area contributed by atoms with Gasteiger partial charge in [-0.25, -0.2) is 4.98 Å². The number of hydrogen-bond donors (Lipinski definition) is 2. The van der Waals surface area contributed by atoms with E-state index in [4.69, 9.17) is 9.73 Å². The summed E-state index contributed by atoms with van der Waals surface area (Å²) < 4.78 is 8.22. The molecule has 1 aromatic heterocycles. The molecule has 0 spiro atoms. The maximum atomic E-state index is 5.94. The van der Waals surface area contributed by atoms with Gasteiger partial charge in [0.25, 0.3) is 0 Å². The van der Waals surface area contributed by atoms with Crippen molar-refractivity contribution in [1.82, 2.24) is 20.2 Å². The van der Waals surface area contributed by atoms with E-state index in [-0.39, 0.29) is 24.0 Å². The van der Waals surface area contributed by atoms with Crippen molar-refractivity contribution in [2.75, 3.05) is 13.1 Å². The van der Waals surface area contributed by atoms with Gasteiger partial charge in [0.05, 0.1) is 29.3 Å². The Hall–Kier alpha value is -1.35. The lowest BCUT2D eigenvalue weighted by atomic mass is 9.96. The number of aromatic nitrogens is 2. The lowest BCUT2D eigenvalue weighted by molar-refractivity contribution is 0.0992. The van der Waals surface area contributed by atoms with E-state index in [1.54, 1.807) is 0 Å². The predicted octanol–water partition coefficient (Wildman–Crippen LogP) is 3.23. The van der Waals surface area contributed by atoms with E-state index in [0.717, 1.165) is 49.8 Å². The van der Waals surface area contributed by atoms with E-state index in [2.05, 4.69) is 52.2 Å². The van der Waals surface area contributed by atoms with Crippen LogP contribution in [0.3, 0.4) is 0 Å². The molecular weight excluding hydrogens is 453 g/mol. The van der Waals surface area contributed by atoms with Crippen LogP contribution in [0, 0.1) is 6.92 Å². The first-order valence-electron chi connectivity index (χ1n) is 9.86. The highest BCUT2D eigenvalue weighted by Gasteiger charge is 2.41. The van der Waals surface area contributed by atoms with Gasteiger partial charge in [-0.2, -0.15) is 0 Å². The van der Waals surface area contributed by atoms with Crippen molar-refractivity contribution >= 4 is 41.0 Å². The monoisotopic (exact) mass is 483 g/mol. The smallest absolute Gasteiger partial charge is 0.191 e. The Kier molecular flexibility index (Phi) is 6.97. The van der Waals surface area contributed by atoms with Crippen LogP contribution in [0.2, 0.25) is 0 Å². The minimum Gasteiger partial charge on any atom is -0.373 e. The summed E-state index contributed by atoms with van der Waals surface area (Å²) in [5.41, 5.74) is 2.28. The first-order valence-corrected chi connectivity index (χ1v) is 9.86. The standard InChI is InChI=1S/C20H29N5O.HI/c1-3-21-20(24-17-13-15-9-10-19(17)26-15)22-11-6-12-25-14(2)23-16-7-4-5-8-18(16)25;/h4-5,7-8,15,17,19H,3,6,9-13H2,1-2H3,(H2,21,22,24);1H. The molecule has 1 aromatic carbocycles. The topological polar surface area (TPSA) is 63.5 Å². The van der Waals surface area contributed by atoms with Crippen molar-refractivity contribution < 1.29 is 4.74 Å². The summed E-state index contributed by atoms with van der Waals surface area (Å²) in [7, 11) is 0. The van der Waals surface area contributed by atoms with Gasteiger partial charge in [-0.15, -0.1) is 24.0 Å². The number of aryl methyl sites for hydroxylation is 2. The van der Waals surface area contributed by atoms with Gasteiger partial charge < -0.3 is 19.9 Å². The molecule has 148 valence electrons. The number of benzene rings is 1. The molecule has 2 fully saturated rings. The number of para-hydroxylation sites is 2. The highest BCUT2D eigenvalue weighted by Crippen LogP contribution is 2.34. The summed E-state index contributed by atoms with van der Waals surface area (Å²) in [6.07, 6.45) is 5.31. The zero-order valence-electron chi connectivity index (χ0n) is 16.1. The van der Waals surface area contributed by atoms with E-state index in [1.807, 2.05) is 6.07 Å². The van der Waals surface area contributed by atoms with Crippen molar-refractivity contribution in [1.29, 1.82) is 0 Å². The van der Waals surface area contributed by atoms with Crippen LogP contribution >= 0.6 is 24.0 Å². The molecule has 4 rings (SSSR count). The normalized spacial score (nSPS) is 24.2.